The van der Waals surface area contributed by atoms with Crippen LogP contribution in [0.2, 0.25) is 0 Å². The topological polar surface area (TPSA) is 98.7 Å². The van der Waals surface area contributed by atoms with E-state index in [1.165, 1.54) is 4.90 Å². The van der Waals surface area contributed by atoms with Crippen LogP contribution >= 0.6 is 0 Å². The van der Waals surface area contributed by atoms with E-state index in [2.05, 4.69) is 0 Å². The molecular weight excluding hydrogens is 246 g/mol. The molecule has 1 heterocycles. The van der Waals surface area contributed by atoms with Gasteiger partial charge in [-0.3, -0.25) is 9.59 Å². The van der Waals surface area contributed by atoms with Gasteiger partial charge in [-0.2, -0.15) is 0 Å². The van der Waals surface area contributed by atoms with Crippen molar-refractivity contribution in [1.29, 1.82) is 0 Å². The van der Waals surface area contributed by atoms with E-state index >= 15 is 0 Å². The second kappa shape index (κ2) is 5.27. The number of nitrogens with two attached hydrogens (primary N) is 2. The van der Waals surface area contributed by atoms with E-state index in [1.54, 1.807) is 31.2 Å². The van der Waals surface area contributed by atoms with Crippen LogP contribution in [-0.2, 0) is 9.59 Å². The van der Waals surface area contributed by atoms with E-state index in [4.69, 9.17) is 16.2 Å². The lowest BCUT2D eigenvalue weighted by molar-refractivity contribution is -0.126. The molecule has 0 fully saturated rings. The number of anilines is 1. The predicted molar refractivity (Wildman–Crippen MR) is 70.6 cm³/mol. The van der Waals surface area contributed by atoms with Gasteiger partial charge >= 0.3 is 0 Å². The highest BCUT2D eigenvalue weighted by atomic mass is 16.5. The molecule has 4 N–H and O–H groups in total. The van der Waals surface area contributed by atoms with Crippen LogP contribution in [0.3, 0.4) is 0 Å². The van der Waals surface area contributed by atoms with Crippen LogP contribution in [0, 0.1) is 5.92 Å². The number of hydrogen-bond donors (Lipinski definition) is 2. The van der Waals surface area contributed by atoms with Crippen molar-refractivity contribution in [1.82, 2.24) is 0 Å². The fourth-order valence-corrected chi connectivity index (χ4v) is 1.96. The minimum Gasteiger partial charge on any atom is -0.477 e. The number of carbonyl (C=O) groups is 2. The average Bonchev–Trinajstić information content (AvgIpc) is 2.44. The quantitative estimate of drug-likeness (QED) is 0.793. The zero-order chi connectivity index (χ0) is 14.0. The van der Waals surface area contributed by atoms with Crippen molar-refractivity contribution in [3.8, 4) is 5.75 Å². The lowest BCUT2D eigenvalue weighted by Gasteiger charge is -2.34. The van der Waals surface area contributed by atoms with Crippen LogP contribution < -0.4 is 21.1 Å². The zero-order valence-electron chi connectivity index (χ0n) is 10.7. The molecule has 0 spiro atoms. The van der Waals surface area contributed by atoms with Gasteiger partial charge in [-0.05, 0) is 12.1 Å². The summed E-state index contributed by atoms with van der Waals surface area (Å²) < 4.78 is 5.49. The van der Waals surface area contributed by atoms with Crippen LogP contribution in [0.4, 0.5) is 5.69 Å². The highest BCUT2D eigenvalue weighted by Gasteiger charge is 2.33. The van der Waals surface area contributed by atoms with E-state index in [0.29, 0.717) is 11.4 Å². The molecule has 6 heteroatoms. The average molecular weight is 263 g/mol. The SMILES string of the molecule is CC(CN)C(=O)N1CC(C(N)=O)Oc2ccccc21. The van der Waals surface area contributed by atoms with Crippen molar-refractivity contribution in [3.05, 3.63) is 24.3 Å². The number of primary amides is 1. The van der Waals surface area contributed by atoms with Gasteiger partial charge in [0.15, 0.2) is 6.10 Å². The minimum atomic E-state index is -0.830. The summed E-state index contributed by atoms with van der Waals surface area (Å²) >= 11 is 0. The first-order valence-electron chi connectivity index (χ1n) is 6.11. The fourth-order valence-electron chi connectivity index (χ4n) is 1.96. The number of hydrogen-bond acceptors (Lipinski definition) is 4. The second-order valence-corrected chi connectivity index (χ2v) is 4.56. The van der Waals surface area contributed by atoms with Gasteiger partial charge in [0.1, 0.15) is 5.75 Å². The van der Waals surface area contributed by atoms with Gasteiger partial charge in [0.25, 0.3) is 5.91 Å². The zero-order valence-corrected chi connectivity index (χ0v) is 10.7. The third kappa shape index (κ3) is 2.53. The first-order valence-corrected chi connectivity index (χ1v) is 6.11. The number of ether oxygens (including phenoxy) is 1. The van der Waals surface area contributed by atoms with Crippen molar-refractivity contribution in [2.45, 2.75) is 13.0 Å². The maximum atomic E-state index is 12.3. The van der Waals surface area contributed by atoms with Gasteiger partial charge in [0.2, 0.25) is 5.91 Å². The molecule has 0 radical (unpaired) electrons. The van der Waals surface area contributed by atoms with Crippen LogP contribution in [0.1, 0.15) is 6.92 Å². The van der Waals surface area contributed by atoms with Crippen molar-refractivity contribution in [2.75, 3.05) is 18.0 Å². The summed E-state index contributed by atoms with van der Waals surface area (Å²) in [6.45, 7) is 2.12. The molecule has 2 amide bonds. The van der Waals surface area contributed by atoms with E-state index < -0.39 is 12.0 Å². The lowest BCUT2D eigenvalue weighted by Crippen LogP contribution is -2.51. The van der Waals surface area contributed by atoms with E-state index in [1.807, 2.05) is 0 Å². The third-order valence-electron chi connectivity index (χ3n) is 3.13. The van der Waals surface area contributed by atoms with Gasteiger partial charge in [-0.15, -0.1) is 0 Å². The largest absolute Gasteiger partial charge is 0.477 e. The number of para-hydroxylation sites is 2. The van der Waals surface area contributed by atoms with Crippen LogP contribution in [-0.4, -0.2) is 31.0 Å². The molecule has 1 aromatic carbocycles. The van der Waals surface area contributed by atoms with Crippen LogP contribution in [0.5, 0.6) is 5.75 Å². The first-order chi connectivity index (χ1) is 9.04. The molecule has 6 nitrogen and oxygen atoms in total. The molecule has 2 unspecified atom stereocenters. The lowest BCUT2D eigenvalue weighted by atomic mass is 10.1. The molecule has 1 aliphatic rings. The normalized spacial score (nSPS) is 19.3. The summed E-state index contributed by atoms with van der Waals surface area (Å²) in [5.74, 6) is -0.563. The second-order valence-electron chi connectivity index (χ2n) is 4.56. The molecule has 19 heavy (non-hydrogen) atoms. The Labute approximate surface area is 111 Å². The van der Waals surface area contributed by atoms with Crippen LogP contribution in [0.25, 0.3) is 0 Å². The Bertz CT molecular complexity index is 504. The molecule has 1 aliphatic heterocycles. The van der Waals surface area contributed by atoms with E-state index in [9.17, 15) is 9.59 Å². The summed E-state index contributed by atoms with van der Waals surface area (Å²) in [4.78, 5) is 25.1. The van der Waals surface area contributed by atoms with Crippen molar-refractivity contribution in [3.63, 3.8) is 0 Å². The van der Waals surface area contributed by atoms with Crippen LogP contribution in [0.15, 0.2) is 24.3 Å². The third-order valence-corrected chi connectivity index (χ3v) is 3.13. The van der Waals surface area contributed by atoms with Crippen molar-refractivity contribution < 1.29 is 14.3 Å². The van der Waals surface area contributed by atoms with Gasteiger partial charge in [-0.1, -0.05) is 19.1 Å². The molecular formula is C13H17N3O3. The number of nitrogens with zero attached hydrogens (tertiary/aromatic N) is 1. The Kier molecular flexibility index (Phi) is 3.71. The van der Waals surface area contributed by atoms with Gasteiger partial charge in [0.05, 0.1) is 12.2 Å². The Morgan fingerprint density at radius 1 is 1.47 bits per heavy atom. The maximum absolute atomic E-state index is 12.3. The van der Waals surface area contributed by atoms with Gasteiger partial charge in [-0.25, -0.2) is 0 Å². The van der Waals surface area contributed by atoms with E-state index in [-0.39, 0.29) is 24.9 Å². The smallest absolute Gasteiger partial charge is 0.260 e. The molecule has 0 saturated carbocycles. The summed E-state index contributed by atoms with van der Waals surface area (Å²) in [6.07, 6.45) is -0.830. The molecule has 0 aliphatic carbocycles. The molecule has 1 aromatic rings. The summed E-state index contributed by atoms with van der Waals surface area (Å²) in [5.41, 5.74) is 11.4. The van der Waals surface area contributed by atoms with Crippen molar-refractivity contribution >= 4 is 17.5 Å². The molecule has 0 saturated heterocycles. The number of amides is 2. The number of benzene rings is 1. The summed E-state index contributed by atoms with van der Waals surface area (Å²) in [7, 11) is 0. The Morgan fingerprint density at radius 3 is 2.79 bits per heavy atom. The number of rotatable bonds is 3. The van der Waals surface area contributed by atoms with Crippen molar-refractivity contribution in [2.24, 2.45) is 17.4 Å². The molecule has 0 bridgehead atoms. The number of carbonyl (C=O) groups excluding carboxylic acids is 2. The van der Waals surface area contributed by atoms with Gasteiger partial charge < -0.3 is 21.1 Å². The maximum Gasteiger partial charge on any atom is 0.260 e. The predicted octanol–water partition coefficient (Wildman–Crippen LogP) is -0.139. The van der Waals surface area contributed by atoms with Gasteiger partial charge in [0, 0.05) is 12.5 Å². The fraction of sp³-hybridized carbons (Fsp3) is 0.385. The Hall–Kier alpha value is -2.08. The molecule has 2 atom stereocenters. The summed E-state index contributed by atoms with van der Waals surface area (Å²) in [6, 6.07) is 7.06. The van der Waals surface area contributed by atoms with E-state index in [0.717, 1.165) is 0 Å². The Balaban J connectivity index is 2.36. The molecule has 102 valence electrons. The minimum absolute atomic E-state index is 0.121. The number of fused-ring (bicyclic) bond motifs is 1. The summed E-state index contributed by atoms with van der Waals surface area (Å²) in [5, 5.41) is 0. The monoisotopic (exact) mass is 263 g/mol. The highest BCUT2D eigenvalue weighted by Crippen LogP contribution is 2.33. The highest BCUT2D eigenvalue weighted by molar-refractivity contribution is 5.98. The Morgan fingerprint density at radius 2 is 2.16 bits per heavy atom. The molecule has 0 aromatic heterocycles. The molecule has 2 rings (SSSR count). The standard InChI is InChI=1S/C13H17N3O3/c1-8(6-14)13(18)16-7-11(12(15)17)19-10-5-3-2-4-9(10)16/h2-5,8,11H,6-7,14H2,1H3,(H2,15,17). The first kappa shape index (κ1) is 13.4.